The minimum atomic E-state index is -0.810. The van der Waals surface area contributed by atoms with Gasteiger partial charge in [-0.05, 0) is 37.2 Å². The van der Waals surface area contributed by atoms with E-state index in [-0.39, 0.29) is 43.2 Å². The van der Waals surface area contributed by atoms with Crippen LogP contribution >= 0.6 is 12.4 Å². The van der Waals surface area contributed by atoms with Gasteiger partial charge >= 0.3 is 5.97 Å². The summed E-state index contributed by atoms with van der Waals surface area (Å²) in [6, 6.07) is 5.65. The van der Waals surface area contributed by atoms with Crippen molar-refractivity contribution >= 4 is 24.3 Å². The van der Waals surface area contributed by atoms with Gasteiger partial charge in [-0.3, -0.25) is 14.5 Å². The van der Waals surface area contributed by atoms with E-state index in [1.165, 1.54) is 24.3 Å². The molecule has 1 unspecified atom stereocenters. The van der Waals surface area contributed by atoms with Crippen LogP contribution in [-0.4, -0.2) is 54.7 Å². The smallest absolute Gasteiger partial charge is 0.307 e. The molecule has 1 aromatic carbocycles. The van der Waals surface area contributed by atoms with Crippen LogP contribution in [0.15, 0.2) is 24.3 Å². The minimum absolute atomic E-state index is 0. The van der Waals surface area contributed by atoms with Gasteiger partial charge in [0.15, 0.2) is 0 Å². The van der Waals surface area contributed by atoms with Crippen LogP contribution in [0.5, 0.6) is 5.75 Å². The van der Waals surface area contributed by atoms with Gasteiger partial charge in [0.05, 0.1) is 19.0 Å². The molecule has 0 radical (unpaired) electrons. The predicted octanol–water partition coefficient (Wildman–Crippen LogP) is 1.15. The number of benzene rings is 1. The first-order chi connectivity index (χ1) is 10.5. The van der Waals surface area contributed by atoms with Crippen molar-refractivity contribution in [1.82, 2.24) is 10.2 Å². The molecule has 0 aromatic heterocycles. The monoisotopic (exact) mass is 346 g/mol. The SMILES string of the molecule is Cl.O=C(CN1CCC(C(=O)O)C1)NCCOc1ccc(F)cc1. The van der Waals surface area contributed by atoms with E-state index in [1.807, 2.05) is 4.90 Å². The molecule has 1 atom stereocenters. The van der Waals surface area contributed by atoms with Crippen molar-refractivity contribution < 1.29 is 23.8 Å². The number of hydrogen-bond donors (Lipinski definition) is 2. The Labute approximate surface area is 140 Å². The van der Waals surface area contributed by atoms with Crippen LogP contribution < -0.4 is 10.1 Å². The Bertz CT molecular complexity index is 527. The minimum Gasteiger partial charge on any atom is -0.492 e. The number of amides is 1. The second-order valence-electron chi connectivity index (χ2n) is 5.21. The van der Waals surface area contributed by atoms with Crippen LogP contribution in [0.25, 0.3) is 0 Å². The highest BCUT2D eigenvalue weighted by Gasteiger charge is 2.28. The summed E-state index contributed by atoms with van der Waals surface area (Å²) in [6.07, 6.45) is 0.580. The molecule has 6 nitrogen and oxygen atoms in total. The molecule has 1 saturated heterocycles. The fourth-order valence-electron chi connectivity index (χ4n) is 2.33. The average molecular weight is 347 g/mol. The number of ether oxygens (including phenoxy) is 1. The lowest BCUT2D eigenvalue weighted by atomic mass is 10.1. The van der Waals surface area contributed by atoms with Crippen molar-refractivity contribution in [3.63, 3.8) is 0 Å². The first-order valence-corrected chi connectivity index (χ1v) is 7.15. The highest BCUT2D eigenvalue weighted by Crippen LogP contribution is 2.15. The van der Waals surface area contributed by atoms with Gasteiger partial charge in [-0.15, -0.1) is 12.4 Å². The van der Waals surface area contributed by atoms with Gasteiger partial charge < -0.3 is 15.2 Å². The number of carboxylic acid groups (broad SMARTS) is 1. The average Bonchev–Trinajstić information content (AvgIpc) is 2.94. The van der Waals surface area contributed by atoms with E-state index in [0.717, 1.165) is 0 Å². The van der Waals surface area contributed by atoms with Gasteiger partial charge in [0, 0.05) is 6.54 Å². The molecule has 23 heavy (non-hydrogen) atoms. The highest BCUT2D eigenvalue weighted by molar-refractivity contribution is 5.85. The van der Waals surface area contributed by atoms with Gasteiger partial charge in [0.25, 0.3) is 0 Å². The Hall–Kier alpha value is -1.86. The molecular formula is C15H20ClFN2O4. The van der Waals surface area contributed by atoms with E-state index in [9.17, 15) is 14.0 Å². The molecule has 0 saturated carbocycles. The maximum atomic E-state index is 12.7. The normalized spacial score (nSPS) is 17.3. The van der Waals surface area contributed by atoms with Crippen LogP contribution in [0.2, 0.25) is 0 Å². The summed E-state index contributed by atoms with van der Waals surface area (Å²) in [7, 11) is 0. The van der Waals surface area contributed by atoms with Gasteiger partial charge in [-0.1, -0.05) is 0 Å². The number of rotatable bonds is 7. The van der Waals surface area contributed by atoms with Crippen LogP contribution in [-0.2, 0) is 9.59 Å². The summed E-state index contributed by atoms with van der Waals surface area (Å²) in [5.41, 5.74) is 0. The third-order valence-electron chi connectivity index (χ3n) is 3.50. The standard InChI is InChI=1S/C15H19FN2O4.ClH/c16-12-1-3-13(4-2-12)22-8-6-17-14(19)10-18-7-5-11(9-18)15(20)21;/h1-4,11H,5-10H2,(H,17,19)(H,20,21);1H. The Morgan fingerprint density at radius 2 is 2.04 bits per heavy atom. The number of nitrogens with one attached hydrogen (secondary N) is 1. The zero-order valence-electron chi connectivity index (χ0n) is 12.5. The van der Waals surface area contributed by atoms with E-state index >= 15 is 0 Å². The topological polar surface area (TPSA) is 78.9 Å². The fourth-order valence-corrected chi connectivity index (χ4v) is 2.33. The van der Waals surface area contributed by atoms with E-state index in [1.54, 1.807) is 0 Å². The molecule has 1 aliphatic rings. The molecule has 2 N–H and O–H groups in total. The number of aliphatic carboxylic acids is 1. The number of nitrogens with zero attached hydrogens (tertiary/aromatic N) is 1. The number of carbonyl (C=O) groups is 2. The maximum absolute atomic E-state index is 12.7. The third kappa shape index (κ3) is 6.42. The second kappa shape index (κ2) is 9.32. The number of likely N-dealkylation sites (tertiary alicyclic amines) is 1. The van der Waals surface area contributed by atoms with Crippen molar-refractivity contribution in [2.75, 3.05) is 32.8 Å². The number of carboxylic acids is 1. The molecule has 1 amide bonds. The third-order valence-corrected chi connectivity index (χ3v) is 3.50. The fraction of sp³-hybridized carbons (Fsp3) is 0.467. The molecule has 2 rings (SSSR count). The molecule has 0 spiro atoms. The molecule has 1 heterocycles. The molecule has 0 aliphatic carbocycles. The Balaban J connectivity index is 0.00000264. The molecule has 1 fully saturated rings. The highest BCUT2D eigenvalue weighted by atomic mass is 35.5. The van der Waals surface area contributed by atoms with Crippen molar-refractivity contribution in [2.24, 2.45) is 5.92 Å². The van der Waals surface area contributed by atoms with Crippen LogP contribution in [0.1, 0.15) is 6.42 Å². The zero-order chi connectivity index (χ0) is 15.9. The Morgan fingerprint density at radius 1 is 1.35 bits per heavy atom. The van der Waals surface area contributed by atoms with Gasteiger partial charge in [0.2, 0.25) is 5.91 Å². The quantitative estimate of drug-likeness (QED) is 0.724. The first kappa shape index (κ1) is 19.2. The summed E-state index contributed by atoms with van der Waals surface area (Å²) >= 11 is 0. The van der Waals surface area contributed by atoms with Crippen LogP contribution in [0, 0.1) is 11.7 Å². The second-order valence-corrected chi connectivity index (χ2v) is 5.21. The van der Waals surface area contributed by atoms with E-state index < -0.39 is 5.97 Å². The molecule has 1 aliphatic heterocycles. The predicted molar refractivity (Wildman–Crippen MR) is 84.3 cm³/mol. The molecular weight excluding hydrogens is 327 g/mol. The van der Waals surface area contributed by atoms with Crippen molar-refractivity contribution in [3.05, 3.63) is 30.1 Å². The number of hydrogen-bond acceptors (Lipinski definition) is 4. The lowest BCUT2D eigenvalue weighted by molar-refractivity contribution is -0.141. The maximum Gasteiger partial charge on any atom is 0.307 e. The number of carbonyl (C=O) groups excluding carboxylic acids is 1. The zero-order valence-corrected chi connectivity index (χ0v) is 13.4. The lowest BCUT2D eigenvalue weighted by Crippen LogP contribution is -2.38. The van der Waals surface area contributed by atoms with E-state index in [2.05, 4.69) is 5.32 Å². The largest absolute Gasteiger partial charge is 0.492 e. The summed E-state index contributed by atoms with van der Waals surface area (Å²) in [6.45, 7) is 1.85. The van der Waals surface area contributed by atoms with Crippen molar-refractivity contribution in [2.45, 2.75) is 6.42 Å². The summed E-state index contributed by atoms with van der Waals surface area (Å²) < 4.78 is 18.1. The molecule has 1 aromatic rings. The molecule has 0 bridgehead atoms. The van der Waals surface area contributed by atoms with Crippen LogP contribution in [0.3, 0.4) is 0 Å². The van der Waals surface area contributed by atoms with E-state index in [0.29, 0.717) is 31.8 Å². The summed E-state index contributed by atoms with van der Waals surface area (Å²) in [5, 5.41) is 11.6. The van der Waals surface area contributed by atoms with Crippen LogP contribution in [0.4, 0.5) is 4.39 Å². The lowest BCUT2D eigenvalue weighted by Gasteiger charge is -2.14. The van der Waals surface area contributed by atoms with Crippen molar-refractivity contribution in [1.29, 1.82) is 0 Å². The number of halogens is 2. The molecule has 128 valence electrons. The Kier molecular flexibility index (Phi) is 7.77. The Morgan fingerprint density at radius 3 is 2.65 bits per heavy atom. The van der Waals surface area contributed by atoms with Gasteiger partial charge in [0.1, 0.15) is 18.2 Å². The summed E-state index contributed by atoms with van der Waals surface area (Å²) in [4.78, 5) is 24.4. The molecule has 8 heteroatoms. The first-order valence-electron chi connectivity index (χ1n) is 7.15. The van der Waals surface area contributed by atoms with Gasteiger partial charge in [-0.25, -0.2) is 4.39 Å². The summed E-state index contributed by atoms with van der Waals surface area (Å²) in [5.74, 6) is -1.13. The van der Waals surface area contributed by atoms with Gasteiger partial charge in [-0.2, -0.15) is 0 Å². The van der Waals surface area contributed by atoms with Crippen molar-refractivity contribution in [3.8, 4) is 5.75 Å². The van der Waals surface area contributed by atoms with E-state index in [4.69, 9.17) is 9.84 Å².